The third-order valence-corrected chi connectivity index (χ3v) is 4.64. The summed E-state index contributed by atoms with van der Waals surface area (Å²) in [6, 6.07) is 18.6. The van der Waals surface area contributed by atoms with Gasteiger partial charge in [-0.05, 0) is 48.4 Å². The smallest absolute Gasteiger partial charge is 0.338 e. The molecule has 0 aliphatic carbocycles. The highest BCUT2D eigenvalue weighted by molar-refractivity contribution is 5.96. The quantitative estimate of drug-likeness (QED) is 0.383. The first-order valence-electron chi connectivity index (χ1n) is 9.28. The fourth-order valence-corrected chi connectivity index (χ4v) is 3.31. The summed E-state index contributed by atoms with van der Waals surface area (Å²) >= 11 is 0. The Morgan fingerprint density at radius 3 is 2.59 bits per heavy atom. The number of hydrogen-bond acceptors (Lipinski definition) is 3. The Hall–Kier alpha value is -3.47. The first-order valence-corrected chi connectivity index (χ1v) is 9.28. The van der Waals surface area contributed by atoms with Gasteiger partial charge < -0.3 is 9.15 Å². The number of esters is 1. The van der Waals surface area contributed by atoms with Crippen molar-refractivity contribution in [1.82, 2.24) is 0 Å². The van der Waals surface area contributed by atoms with E-state index in [2.05, 4.69) is 0 Å². The van der Waals surface area contributed by atoms with Crippen LogP contribution >= 0.6 is 0 Å². The zero-order valence-electron chi connectivity index (χ0n) is 15.7. The van der Waals surface area contributed by atoms with Gasteiger partial charge in [0.25, 0.3) is 0 Å². The van der Waals surface area contributed by atoms with Crippen molar-refractivity contribution < 1.29 is 22.7 Å². The predicted molar refractivity (Wildman–Crippen MR) is 107 cm³/mol. The van der Waals surface area contributed by atoms with E-state index >= 15 is 0 Å². The number of benzene rings is 3. The van der Waals surface area contributed by atoms with E-state index in [1.54, 1.807) is 25.1 Å². The van der Waals surface area contributed by atoms with Crippen molar-refractivity contribution >= 4 is 16.9 Å². The maximum absolute atomic E-state index is 13.5. The van der Waals surface area contributed by atoms with Crippen LogP contribution < -0.4 is 0 Å². The van der Waals surface area contributed by atoms with E-state index in [0.29, 0.717) is 35.5 Å². The average Bonchev–Trinajstić information content (AvgIpc) is 3.13. The van der Waals surface area contributed by atoms with Crippen LogP contribution in [0, 0.1) is 11.6 Å². The molecule has 0 aliphatic rings. The fraction of sp³-hybridized carbons (Fsp3) is 0.125. The molecule has 0 aliphatic heterocycles. The zero-order chi connectivity index (χ0) is 20.4. The Kier molecular flexibility index (Phi) is 5.12. The molecule has 5 heteroatoms. The van der Waals surface area contributed by atoms with E-state index in [0.717, 1.165) is 22.6 Å². The number of rotatable bonds is 5. The summed E-state index contributed by atoms with van der Waals surface area (Å²) in [5, 5.41) is 0.890. The second-order valence-electron chi connectivity index (χ2n) is 6.66. The summed E-state index contributed by atoms with van der Waals surface area (Å²) in [6.07, 6.45) is 0.341. The number of carbonyl (C=O) groups excluding carboxylic acids is 1. The molecule has 0 radical (unpaired) electrons. The van der Waals surface area contributed by atoms with Gasteiger partial charge in [0.15, 0.2) is 11.6 Å². The topological polar surface area (TPSA) is 39.4 Å². The zero-order valence-corrected chi connectivity index (χ0v) is 15.7. The first kappa shape index (κ1) is 18.9. The van der Waals surface area contributed by atoms with Gasteiger partial charge in [-0.3, -0.25) is 0 Å². The van der Waals surface area contributed by atoms with E-state index in [9.17, 15) is 13.6 Å². The van der Waals surface area contributed by atoms with Crippen molar-refractivity contribution in [2.75, 3.05) is 6.61 Å². The van der Waals surface area contributed by atoms with E-state index in [4.69, 9.17) is 9.15 Å². The monoisotopic (exact) mass is 392 g/mol. The van der Waals surface area contributed by atoms with Crippen molar-refractivity contribution in [3.05, 3.63) is 95.3 Å². The molecule has 29 heavy (non-hydrogen) atoms. The number of halogens is 2. The summed E-state index contributed by atoms with van der Waals surface area (Å²) in [5.41, 5.74) is 3.43. The van der Waals surface area contributed by atoms with Crippen molar-refractivity contribution in [2.24, 2.45) is 0 Å². The molecule has 0 saturated carbocycles. The second-order valence-corrected chi connectivity index (χ2v) is 6.66. The van der Waals surface area contributed by atoms with Crippen LogP contribution in [-0.4, -0.2) is 12.6 Å². The van der Waals surface area contributed by atoms with Gasteiger partial charge in [-0.25, -0.2) is 13.6 Å². The van der Waals surface area contributed by atoms with Gasteiger partial charge in [-0.2, -0.15) is 0 Å². The highest BCUT2D eigenvalue weighted by atomic mass is 19.2. The second kappa shape index (κ2) is 7.87. The lowest BCUT2D eigenvalue weighted by atomic mass is 10.0. The molecule has 3 aromatic carbocycles. The number of furan rings is 1. The molecule has 0 saturated heterocycles. The molecule has 0 amide bonds. The molecule has 4 rings (SSSR count). The minimum atomic E-state index is -0.880. The minimum absolute atomic E-state index is 0.310. The van der Waals surface area contributed by atoms with Crippen LogP contribution in [0.4, 0.5) is 8.78 Å². The Labute approximate surface area is 166 Å². The molecule has 3 nitrogen and oxygen atoms in total. The molecule has 0 spiro atoms. The standard InChI is InChI=1S/C24H18F2O3/c1-2-28-24(27)18-7-3-5-16(13-18)20-8-4-6-17-14-19(29-23(17)20)11-15-9-10-21(25)22(26)12-15/h3-10,12-14H,2,11H2,1H3. The largest absolute Gasteiger partial charge is 0.462 e. The summed E-state index contributed by atoms with van der Waals surface area (Å²) in [7, 11) is 0. The van der Waals surface area contributed by atoms with Gasteiger partial charge in [-0.15, -0.1) is 0 Å². The van der Waals surface area contributed by atoms with E-state index < -0.39 is 11.6 Å². The minimum Gasteiger partial charge on any atom is -0.462 e. The maximum atomic E-state index is 13.5. The maximum Gasteiger partial charge on any atom is 0.338 e. The SMILES string of the molecule is CCOC(=O)c1cccc(-c2cccc3cc(Cc4ccc(F)c(F)c4)oc23)c1. The molecule has 0 atom stereocenters. The van der Waals surface area contributed by atoms with Crippen LogP contribution in [0.15, 0.2) is 71.1 Å². The fourth-order valence-electron chi connectivity index (χ4n) is 3.31. The van der Waals surface area contributed by atoms with Crippen molar-refractivity contribution in [3.63, 3.8) is 0 Å². The van der Waals surface area contributed by atoms with E-state index in [1.165, 1.54) is 12.1 Å². The highest BCUT2D eigenvalue weighted by Crippen LogP contribution is 2.32. The lowest BCUT2D eigenvalue weighted by molar-refractivity contribution is 0.0526. The molecule has 1 aromatic heterocycles. The Morgan fingerprint density at radius 2 is 1.79 bits per heavy atom. The van der Waals surface area contributed by atoms with Gasteiger partial charge >= 0.3 is 5.97 Å². The van der Waals surface area contributed by atoms with Crippen LogP contribution in [0.3, 0.4) is 0 Å². The summed E-state index contributed by atoms with van der Waals surface area (Å²) in [6.45, 7) is 2.07. The van der Waals surface area contributed by atoms with Crippen molar-refractivity contribution in [3.8, 4) is 11.1 Å². The number of para-hydroxylation sites is 1. The molecule has 0 bridgehead atoms. The lowest BCUT2D eigenvalue weighted by Crippen LogP contribution is -2.04. The molecule has 0 fully saturated rings. The predicted octanol–water partition coefficient (Wildman–Crippen LogP) is 6.15. The molecular formula is C24H18F2O3. The normalized spacial score (nSPS) is 11.0. The molecule has 0 unspecified atom stereocenters. The third-order valence-electron chi connectivity index (χ3n) is 4.64. The van der Waals surface area contributed by atoms with E-state index in [-0.39, 0.29) is 5.97 Å². The van der Waals surface area contributed by atoms with Crippen molar-refractivity contribution in [1.29, 1.82) is 0 Å². The summed E-state index contributed by atoms with van der Waals surface area (Å²) < 4.78 is 37.8. The number of fused-ring (bicyclic) bond motifs is 1. The number of hydrogen-bond donors (Lipinski definition) is 0. The van der Waals surface area contributed by atoms with Gasteiger partial charge in [0.1, 0.15) is 11.3 Å². The summed E-state index contributed by atoms with van der Waals surface area (Å²) in [4.78, 5) is 12.0. The summed E-state index contributed by atoms with van der Waals surface area (Å²) in [5.74, 6) is -1.49. The van der Waals surface area contributed by atoms with Gasteiger partial charge in [0.2, 0.25) is 0 Å². The van der Waals surface area contributed by atoms with Crippen LogP contribution in [-0.2, 0) is 11.2 Å². The molecular weight excluding hydrogens is 374 g/mol. The van der Waals surface area contributed by atoms with Crippen molar-refractivity contribution in [2.45, 2.75) is 13.3 Å². The Morgan fingerprint density at radius 1 is 0.966 bits per heavy atom. The van der Waals surface area contributed by atoms with Gasteiger partial charge in [0.05, 0.1) is 12.2 Å². The Balaban J connectivity index is 1.70. The van der Waals surface area contributed by atoms with Crippen LogP contribution in [0.1, 0.15) is 28.6 Å². The third kappa shape index (κ3) is 3.90. The van der Waals surface area contributed by atoms with Crippen LogP contribution in [0.5, 0.6) is 0 Å². The van der Waals surface area contributed by atoms with Crippen LogP contribution in [0.2, 0.25) is 0 Å². The molecule has 4 aromatic rings. The average molecular weight is 392 g/mol. The number of ether oxygens (including phenoxy) is 1. The van der Waals surface area contributed by atoms with Crippen LogP contribution in [0.25, 0.3) is 22.1 Å². The van der Waals surface area contributed by atoms with Gasteiger partial charge in [0, 0.05) is 17.4 Å². The molecule has 1 heterocycles. The first-order chi connectivity index (χ1) is 14.0. The molecule has 146 valence electrons. The lowest BCUT2D eigenvalue weighted by Gasteiger charge is -2.06. The molecule has 0 N–H and O–H groups in total. The number of carbonyl (C=O) groups is 1. The van der Waals surface area contributed by atoms with E-state index in [1.807, 2.05) is 30.3 Å². The van der Waals surface area contributed by atoms with Gasteiger partial charge in [-0.1, -0.05) is 36.4 Å². The highest BCUT2D eigenvalue weighted by Gasteiger charge is 2.13. The Bertz CT molecular complexity index is 1190.